The van der Waals surface area contributed by atoms with Gasteiger partial charge in [-0.3, -0.25) is 0 Å². The van der Waals surface area contributed by atoms with E-state index < -0.39 is 0 Å². The summed E-state index contributed by atoms with van der Waals surface area (Å²) in [5.41, 5.74) is 0.00150. The van der Waals surface area contributed by atoms with Crippen molar-refractivity contribution in [3.8, 4) is 0 Å². The van der Waals surface area contributed by atoms with E-state index in [1.165, 1.54) is 12.8 Å². The van der Waals surface area contributed by atoms with E-state index in [0.717, 1.165) is 25.9 Å². The molecule has 0 unspecified atom stereocenters. The summed E-state index contributed by atoms with van der Waals surface area (Å²) in [5.74, 6) is 0. The maximum Gasteiger partial charge on any atom is 0.317 e. The Morgan fingerprint density at radius 3 is 2.18 bits per heavy atom. The highest BCUT2D eigenvalue weighted by Crippen LogP contribution is 2.11. The van der Waals surface area contributed by atoms with Gasteiger partial charge in [0.2, 0.25) is 0 Å². The van der Waals surface area contributed by atoms with Crippen molar-refractivity contribution in [3.63, 3.8) is 0 Å². The minimum Gasteiger partial charge on any atom is -0.336 e. The second-order valence-corrected chi connectivity index (χ2v) is 5.77. The quantitative estimate of drug-likeness (QED) is 0.819. The lowest BCUT2D eigenvalue weighted by atomic mass is 10.0. The van der Waals surface area contributed by atoms with Crippen LogP contribution in [-0.4, -0.2) is 55.1 Å². The van der Waals surface area contributed by atoms with Crippen molar-refractivity contribution >= 4 is 6.03 Å². The van der Waals surface area contributed by atoms with Crippen LogP contribution in [0.3, 0.4) is 0 Å². The maximum atomic E-state index is 12.0. The van der Waals surface area contributed by atoms with Crippen LogP contribution in [0.5, 0.6) is 0 Å². The van der Waals surface area contributed by atoms with Gasteiger partial charge in [-0.1, -0.05) is 12.8 Å². The Bertz CT molecular complexity index is 243. The molecule has 1 heterocycles. The van der Waals surface area contributed by atoms with Crippen LogP contribution in [0.25, 0.3) is 0 Å². The van der Waals surface area contributed by atoms with Crippen molar-refractivity contribution in [2.24, 2.45) is 0 Å². The van der Waals surface area contributed by atoms with Crippen LogP contribution in [0.1, 0.15) is 39.5 Å². The Balaban J connectivity index is 2.38. The number of hydrogen-bond donors (Lipinski definition) is 1. The second kappa shape index (κ2) is 6.24. The average molecular weight is 241 g/mol. The molecule has 4 nitrogen and oxygen atoms in total. The number of likely N-dealkylation sites (tertiary alicyclic amines) is 1. The number of carbonyl (C=O) groups excluding carboxylic acids is 1. The number of hydrogen-bond acceptors (Lipinski definition) is 2. The number of nitrogens with zero attached hydrogens (tertiary/aromatic N) is 2. The van der Waals surface area contributed by atoms with Crippen molar-refractivity contribution in [1.29, 1.82) is 0 Å². The summed E-state index contributed by atoms with van der Waals surface area (Å²) < 4.78 is 0. The molecule has 0 aliphatic carbocycles. The number of amides is 2. The highest BCUT2D eigenvalue weighted by atomic mass is 16.2. The molecular formula is C13H27N3O. The molecule has 0 radical (unpaired) electrons. The third kappa shape index (κ3) is 4.54. The number of nitrogens with one attached hydrogen (secondary N) is 1. The van der Waals surface area contributed by atoms with Crippen molar-refractivity contribution in [2.45, 2.75) is 45.1 Å². The first-order valence-corrected chi connectivity index (χ1v) is 6.64. The fraction of sp³-hybridized carbons (Fsp3) is 0.923. The van der Waals surface area contributed by atoms with Crippen LogP contribution in [0, 0.1) is 0 Å². The van der Waals surface area contributed by atoms with E-state index in [2.05, 4.69) is 24.1 Å². The Morgan fingerprint density at radius 2 is 1.71 bits per heavy atom. The van der Waals surface area contributed by atoms with Gasteiger partial charge in [0.15, 0.2) is 0 Å². The molecule has 4 heteroatoms. The normalized spacial score (nSPS) is 18.1. The monoisotopic (exact) mass is 241 g/mol. The first-order chi connectivity index (χ1) is 7.93. The number of likely N-dealkylation sites (N-methyl/N-ethyl adjacent to an activating group) is 1. The van der Waals surface area contributed by atoms with Gasteiger partial charge in [0.05, 0.1) is 0 Å². The molecule has 17 heavy (non-hydrogen) atoms. The summed E-state index contributed by atoms with van der Waals surface area (Å²) in [5, 5.41) is 3.05. The maximum absolute atomic E-state index is 12.0. The molecule has 0 atom stereocenters. The van der Waals surface area contributed by atoms with Gasteiger partial charge in [-0.25, -0.2) is 4.79 Å². The summed E-state index contributed by atoms with van der Waals surface area (Å²) in [6.45, 7) is 6.78. The first-order valence-electron chi connectivity index (χ1n) is 6.64. The third-order valence-corrected chi connectivity index (χ3v) is 3.78. The third-order valence-electron chi connectivity index (χ3n) is 3.78. The molecule has 1 N–H and O–H groups in total. The van der Waals surface area contributed by atoms with Crippen molar-refractivity contribution in [1.82, 2.24) is 15.1 Å². The SMILES string of the molecule is CN(C)C(C)(C)CNC(=O)N1CCCCCC1. The van der Waals surface area contributed by atoms with Gasteiger partial charge in [-0.2, -0.15) is 0 Å². The van der Waals surface area contributed by atoms with E-state index in [0.29, 0.717) is 6.54 Å². The molecule has 1 rings (SSSR count). The molecule has 1 aliphatic rings. The van der Waals surface area contributed by atoms with Gasteiger partial charge >= 0.3 is 6.03 Å². The number of rotatable bonds is 3. The highest BCUT2D eigenvalue weighted by molar-refractivity contribution is 5.74. The predicted molar refractivity (Wildman–Crippen MR) is 71.2 cm³/mol. The molecule has 1 aliphatic heterocycles. The molecule has 0 bridgehead atoms. The fourth-order valence-electron chi connectivity index (χ4n) is 1.84. The summed E-state index contributed by atoms with van der Waals surface area (Å²) in [6, 6.07) is 0.0989. The van der Waals surface area contributed by atoms with Crippen molar-refractivity contribution < 1.29 is 4.79 Å². The Kier molecular flexibility index (Phi) is 5.25. The lowest BCUT2D eigenvalue weighted by molar-refractivity contribution is 0.171. The van der Waals surface area contributed by atoms with Gasteiger partial charge < -0.3 is 15.1 Å². The van der Waals surface area contributed by atoms with E-state index >= 15 is 0 Å². The Hall–Kier alpha value is -0.770. The minimum atomic E-state index is 0.00150. The predicted octanol–water partition coefficient (Wildman–Crippen LogP) is 1.91. The second-order valence-electron chi connectivity index (χ2n) is 5.77. The number of carbonyl (C=O) groups is 1. The highest BCUT2D eigenvalue weighted by Gasteiger charge is 2.23. The van der Waals surface area contributed by atoms with Crippen LogP contribution in [0.15, 0.2) is 0 Å². The Morgan fingerprint density at radius 1 is 1.18 bits per heavy atom. The first kappa shape index (κ1) is 14.3. The molecular weight excluding hydrogens is 214 g/mol. The zero-order valence-electron chi connectivity index (χ0n) is 11.8. The molecule has 2 amide bonds. The fourth-order valence-corrected chi connectivity index (χ4v) is 1.84. The molecule has 0 aromatic heterocycles. The van der Waals surface area contributed by atoms with Gasteiger partial charge in [0.1, 0.15) is 0 Å². The summed E-state index contributed by atoms with van der Waals surface area (Å²) in [7, 11) is 4.08. The van der Waals surface area contributed by atoms with Crippen LogP contribution in [0.4, 0.5) is 4.79 Å². The van der Waals surface area contributed by atoms with E-state index in [1.807, 2.05) is 19.0 Å². The zero-order valence-corrected chi connectivity index (χ0v) is 11.8. The largest absolute Gasteiger partial charge is 0.336 e. The summed E-state index contributed by atoms with van der Waals surface area (Å²) in [6.07, 6.45) is 4.80. The van der Waals surface area contributed by atoms with Crippen molar-refractivity contribution in [2.75, 3.05) is 33.7 Å². The number of urea groups is 1. The summed E-state index contributed by atoms with van der Waals surface area (Å²) in [4.78, 5) is 16.1. The lowest BCUT2D eigenvalue weighted by Gasteiger charge is -2.33. The molecule has 0 aromatic carbocycles. The minimum absolute atomic E-state index is 0.00150. The lowest BCUT2D eigenvalue weighted by Crippen LogP contribution is -2.51. The van der Waals surface area contributed by atoms with Gasteiger partial charge in [0.25, 0.3) is 0 Å². The van der Waals surface area contributed by atoms with Gasteiger partial charge in [-0.15, -0.1) is 0 Å². The van der Waals surface area contributed by atoms with E-state index in [1.54, 1.807) is 0 Å². The van der Waals surface area contributed by atoms with E-state index in [4.69, 9.17) is 0 Å². The van der Waals surface area contributed by atoms with Gasteiger partial charge in [-0.05, 0) is 40.8 Å². The van der Waals surface area contributed by atoms with Crippen LogP contribution in [-0.2, 0) is 0 Å². The average Bonchev–Trinajstić information content (AvgIpc) is 2.54. The van der Waals surface area contributed by atoms with Crippen LogP contribution < -0.4 is 5.32 Å². The van der Waals surface area contributed by atoms with Gasteiger partial charge in [0, 0.05) is 25.2 Å². The Labute approximate surface area is 105 Å². The molecule has 1 saturated heterocycles. The van der Waals surface area contributed by atoms with Crippen LogP contribution >= 0.6 is 0 Å². The smallest absolute Gasteiger partial charge is 0.317 e. The van der Waals surface area contributed by atoms with Crippen LogP contribution in [0.2, 0.25) is 0 Å². The summed E-state index contributed by atoms with van der Waals surface area (Å²) >= 11 is 0. The molecule has 0 aromatic rings. The zero-order chi connectivity index (χ0) is 12.9. The topological polar surface area (TPSA) is 35.6 Å². The molecule has 1 fully saturated rings. The molecule has 100 valence electrons. The molecule has 0 spiro atoms. The van der Waals surface area contributed by atoms with Crippen molar-refractivity contribution in [3.05, 3.63) is 0 Å². The standard InChI is InChI=1S/C13H27N3O/c1-13(2,15(3)4)11-14-12(17)16-9-7-5-6-8-10-16/h5-11H2,1-4H3,(H,14,17). The van der Waals surface area contributed by atoms with E-state index in [-0.39, 0.29) is 11.6 Å². The molecule has 0 saturated carbocycles. The van der Waals surface area contributed by atoms with E-state index in [9.17, 15) is 4.79 Å².